The molecule has 0 aliphatic heterocycles. The number of thioether (sulfide) groups is 1. The Morgan fingerprint density at radius 2 is 2.04 bits per heavy atom. The second-order valence-electron chi connectivity index (χ2n) is 5.88. The van der Waals surface area contributed by atoms with Gasteiger partial charge in [0, 0.05) is 20.0 Å². The van der Waals surface area contributed by atoms with Crippen LogP contribution < -0.4 is 5.32 Å². The molecule has 136 valence electrons. The van der Waals surface area contributed by atoms with E-state index in [2.05, 4.69) is 57.3 Å². The summed E-state index contributed by atoms with van der Waals surface area (Å²) in [7, 11) is 0. The molecule has 1 amide bonds. The van der Waals surface area contributed by atoms with E-state index in [1.165, 1.54) is 11.8 Å². The molecule has 27 heavy (non-hydrogen) atoms. The first-order valence-electron chi connectivity index (χ1n) is 8.00. The third-order valence-electron chi connectivity index (χ3n) is 3.97. The SMILES string of the molecule is Cc1ccccc1NC(=O)CSc1nnc2c(n1)[nH]c1c(Br)cc(Br)cc12. The number of aryl methyl sites for hydroxylation is 1. The molecule has 2 aromatic heterocycles. The summed E-state index contributed by atoms with van der Waals surface area (Å²) in [5.74, 6) is 0.0955. The maximum atomic E-state index is 12.2. The molecule has 6 nitrogen and oxygen atoms in total. The van der Waals surface area contributed by atoms with E-state index in [-0.39, 0.29) is 11.7 Å². The number of nitrogens with zero attached hydrogens (tertiary/aromatic N) is 3. The molecular formula is C18H13Br2N5OS. The number of para-hydroxylation sites is 1. The Bertz CT molecular complexity index is 1180. The van der Waals surface area contributed by atoms with Crippen LogP contribution in [0.2, 0.25) is 0 Å². The van der Waals surface area contributed by atoms with Crippen LogP contribution in [0.5, 0.6) is 0 Å². The van der Waals surface area contributed by atoms with Crippen LogP contribution in [0, 0.1) is 6.92 Å². The van der Waals surface area contributed by atoms with E-state index in [0.29, 0.717) is 16.3 Å². The first-order chi connectivity index (χ1) is 13.0. The van der Waals surface area contributed by atoms with Crippen molar-refractivity contribution in [1.82, 2.24) is 20.2 Å². The predicted octanol–water partition coefficient (Wildman–Crippen LogP) is 5.07. The van der Waals surface area contributed by atoms with Gasteiger partial charge in [0.2, 0.25) is 11.1 Å². The number of amides is 1. The normalized spacial score (nSPS) is 11.2. The number of benzene rings is 2. The van der Waals surface area contributed by atoms with Gasteiger partial charge in [-0.25, -0.2) is 4.98 Å². The summed E-state index contributed by atoms with van der Waals surface area (Å²) in [6, 6.07) is 11.6. The van der Waals surface area contributed by atoms with Crippen molar-refractivity contribution in [3.8, 4) is 0 Å². The van der Waals surface area contributed by atoms with Gasteiger partial charge in [0.1, 0.15) is 5.52 Å². The number of halogens is 2. The van der Waals surface area contributed by atoms with E-state index in [0.717, 1.165) is 31.1 Å². The highest BCUT2D eigenvalue weighted by Crippen LogP contribution is 2.32. The van der Waals surface area contributed by atoms with E-state index >= 15 is 0 Å². The molecule has 0 atom stereocenters. The van der Waals surface area contributed by atoms with E-state index < -0.39 is 0 Å². The minimum absolute atomic E-state index is 0.110. The topological polar surface area (TPSA) is 83.6 Å². The second kappa shape index (κ2) is 7.57. The number of carbonyl (C=O) groups excluding carboxylic acids is 1. The minimum atomic E-state index is -0.110. The number of carbonyl (C=O) groups is 1. The van der Waals surface area contributed by atoms with Crippen LogP contribution in [0.3, 0.4) is 0 Å². The maximum absolute atomic E-state index is 12.2. The zero-order chi connectivity index (χ0) is 19.0. The molecule has 0 radical (unpaired) electrons. The van der Waals surface area contributed by atoms with Gasteiger partial charge in [-0.1, -0.05) is 45.9 Å². The van der Waals surface area contributed by atoms with Crippen LogP contribution in [0.25, 0.3) is 22.1 Å². The van der Waals surface area contributed by atoms with Gasteiger partial charge in [0.15, 0.2) is 5.65 Å². The monoisotopic (exact) mass is 505 g/mol. The lowest BCUT2D eigenvalue weighted by molar-refractivity contribution is -0.113. The number of hydrogen-bond donors (Lipinski definition) is 2. The number of aromatic nitrogens is 4. The third kappa shape index (κ3) is 3.85. The number of anilines is 1. The lowest BCUT2D eigenvalue weighted by Crippen LogP contribution is -2.15. The average Bonchev–Trinajstić information content (AvgIpc) is 3.00. The van der Waals surface area contributed by atoms with Crippen molar-refractivity contribution in [3.05, 3.63) is 50.9 Å². The van der Waals surface area contributed by atoms with Crippen molar-refractivity contribution in [2.24, 2.45) is 0 Å². The van der Waals surface area contributed by atoms with Crippen LogP contribution in [-0.4, -0.2) is 31.8 Å². The van der Waals surface area contributed by atoms with Gasteiger partial charge in [-0.15, -0.1) is 10.2 Å². The fourth-order valence-corrected chi connectivity index (χ4v) is 4.59. The number of hydrogen-bond acceptors (Lipinski definition) is 5. The summed E-state index contributed by atoms with van der Waals surface area (Å²) in [5.41, 5.74) is 4.07. The standard InChI is InChI=1S/C18H13Br2N5OS/c1-9-4-2-3-5-13(9)21-14(26)8-27-18-23-17-16(24-25-18)11-6-10(19)7-12(20)15(11)22-17/h2-7H,8H2,1H3,(H,21,26)(H,22,23,25). The summed E-state index contributed by atoms with van der Waals surface area (Å²) in [4.78, 5) is 19.9. The average molecular weight is 507 g/mol. The number of rotatable bonds is 4. The highest BCUT2D eigenvalue weighted by atomic mass is 79.9. The summed E-state index contributed by atoms with van der Waals surface area (Å²) in [5, 5.41) is 12.7. The van der Waals surface area contributed by atoms with Crippen molar-refractivity contribution in [1.29, 1.82) is 0 Å². The lowest BCUT2D eigenvalue weighted by Gasteiger charge is -2.07. The molecular weight excluding hydrogens is 494 g/mol. The summed E-state index contributed by atoms with van der Waals surface area (Å²) < 4.78 is 1.86. The van der Waals surface area contributed by atoms with E-state index in [9.17, 15) is 4.79 Å². The number of H-pyrrole nitrogens is 1. The van der Waals surface area contributed by atoms with Crippen molar-refractivity contribution >= 4 is 77.3 Å². The highest BCUT2D eigenvalue weighted by molar-refractivity contribution is 9.11. The van der Waals surface area contributed by atoms with Crippen LogP contribution in [0.15, 0.2) is 50.5 Å². The van der Waals surface area contributed by atoms with Gasteiger partial charge >= 0.3 is 0 Å². The molecule has 0 aliphatic rings. The fraction of sp³-hybridized carbons (Fsp3) is 0.111. The fourth-order valence-electron chi connectivity index (χ4n) is 2.68. The Morgan fingerprint density at radius 1 is 1.22 bits per heavy atom. The lowest BCUT2D eigenvalue weighted by atomic mass is 10.2. The molecule has 4 rings (SSSR count). The zero-order valence-electron chi connectivity index (χ0n) is 14.1. The van der Waals surface area contributed by atoms with Gasteiger partial charge < -0.3 is 10.3 Å². The van der Waals surface area contributed by atoms with Gasteiger partial charge in [-0.2, -0.15) is 0 Å². The number of fused-ring (bicyclic) bond motifs is 3. The molecule has 0 saturated carbocycles. The van der Waals surface area contributed by atoms with Gasteiger partial charge in [0.05, 0.1) is 11.3 Å². The third-order valence-corrected chi connectivity index (χ3v) is 5.89. The molecule has 2 N–H and O–H groups in total. The Hall–Kier alpha value is -1.97. The molecule has 0 bridgehead atoms. The van der Waals surface area contributed by atoms with Gasteiger partial charge in [0.25, 0.3) is 0 Å². The smallest absolute Gasteiger partial charge is 0.234 e. The van der Waals surface area contributed by atoms with E-state index in [1.54, 1.807) is 0 Å². The Labute approximate surface area is 175 Å². The zero-order valence-corrected chi connectivity index (χ0v) is 18.1. The number of nitrogens with one attached hydrogen (secondary N) is 2. The second-order valence-corrected chi connectivity index (χ2v) is 8.59. The van der Waals surface area contributed by atoms with Crippen molar-refractivity contribution in [2.45, 2.75) is 12.1 Å². The predicted molar refractivity (Wildman–Crippen MR) is 115 cm³/mol. The summed E-state index contributed by atoms with van der Waals surface area (Å²) in [6.45, 7) is 1.95. The summed E-state index contributed by atoms with van der Waals surface area (Å²) in [6.07, 6.45) is 0. The minimum Gasteiger partial charge on any atom is -0.337 e. The van der Waals surface area contributed by atoms with Crippen molar-refractivity contribution in [2.75, 3.05) is 11.1 Å². The molecule has 9 heteroatoms. The number of aromatic amines is 1. The Balaban J connectivity index is 1.53. The van der Waals surface area contributed by atoms with Crippen molar-refractivity contribution in [3.63, 3.8) is 0 Å². The van der Waals surface area contributed by atoms with Crippen LogP contribution in [0.4, 0.5) is 5.69 Å². The molecule has 0 aliphatic carbocycles. The largest absolute Gasteiger partial charge is 0.337 e. The Morgan fingerprint density at radius 3 is 2.85 bits per heavy atom. The maximum Gasteiger partial charge on any atom is 0.234 e. The quantitative estimate of drug-likeness (QED) is 0.377. The van der Waals surface area contributed by atoms with E-state index in [1.807, 2.05) is 43.3 Å². The van der Waals surface area contributed by atoms with Crippen LogP contribution >= 0.6 is 43.6 Å². The molecule has 2 heterocycles. The van der Waals surface area contributed by atoms with E-state index in [4.69, 9.17) is 0 Å². The molecule has 4 aromatic rings. The van der Waals surface area contributed by atoms with Crippen LogP contribution in [-0.2, 0) is 4.79 Å². The molecule has 0 fully saturated rings. The Kier molecular flexibility index (Phi) is 5.16. The first-order valence-corrected chi connectivity index (χ1v) is 10.6. The summed E-state index contributed by atoms with van der Waals surface area (Å²) >= 11 is 8.26. The molecule has 2 aromatic carbocycles. The van der Waals surface area contributed by atoms with Crippen LogP contribution in [0.1, 0.15) is 5.56 Å². The van der Waals surface area contributed by atoms with Crippen molar-refractivity contribution < 1.29 is 4.79 Å². The molecule has 0 unspecified atom stereocenters. The van der Waals surface area contributed by atoms with Gasteiger partial charge in [-0.3, -0.25) is 4.79 Å². The highest BCUT2D eigenvalue weighted by Gasteiger charge is 2.13. The molecule has 0 saturated heterocycles. The molecule has 0 spiro atoms. The van der Waals surface area contributed by atoms with Gasteiger partial charge in [-0.05, 0) is 46.6 Å². The first kappa shape index (κ1) is 18.4.